The van der Waals surface area contributed by atoms with Gasteiger partial charge in [-0.05, 0) is 31.4 Å². The Labute approximate surface area is 98.0 Å². The third-order valence-corrected chi connectivity index (χ3v) is 2.26. The number of rotatable bonds is 6. The molecule has 1 N–H and O–H groups in total. The lowest BCUT2D eigenvalue weighted by atomic mass is 10.1. The van der Waals surface area contributed by atoms with E-state index < -0.39 is 17.6 Å². The summed E-state index contributed by atoms with van der Waals surface area (Å²) >= 11 is 0. The second kappa shape index (κ2) is 6.18. The highest BCUT2D eigenvalue weighted by Crippen LogP contribution is 2.23. The van der Waals surface area contributed by atoms with Crippen LogP contribution in [0.3, 0.4) is 0 Å². The fourth-order valence-electron chi connectivity index (χ4n) is 1.46. The molecule has 3 nitrogen and oxygen atoms in total. The van der Waals surface area contributed by atoms with Crippen LogP contribution in [0.15, 0.2) is 12.1 Å². The summed E-state index contributed by atoms with van der Waals surface area (Å²) in [4.78, 5) is 10.3. The van der Waals surface area contributed by atoms with Crippen LogP contribution in [0.25, 0.3) is 0 Å². The third-order valence-electron chi connectivity index (χ3n) is 2.26. The molecule has 0 saturated carbocycles. The lowest BCUT2D eigenvalue weighted by Crippen LogP contribution is -2.02. The summed E-state index contributed by atoms with van der Waals surface area (Å²) in [5.41, 5.74) is 0.173. The van der Waals surface area contributed by atoms with Crippen molar-refractivity contribution in [2.75, 3.05) is 6.61 Å². The molecule has 17 heavy (non-hydrogen) atoms. The molecule has 1 aromatic rings. The number of ether oxygens (including phenoxy) is 1. The number of halogens is 2. The predicted molar refractivity (Wildman–Crippen MR) is 58.1 cm³/mol. The Morgan fingerprint density at radius 1 is 1.35 bits per heavy atom. The van der Waals surface area contributed by atoms with Gasteiger partial charge in [-0.25, -0.2) is 4.39 Å². The van der Waals surface area contributed by atoms with Crippen LogP contribution in [0, 0.1) is 11.6 Å². The van der Waals surface area contributed by atoms with Gasteiger partial charge in [0.2, 0.25) is 5.82 Å². The molecule has 0 aliphatic carbocycles. The first-order valence-electron chi connectivity index (χ1n) is 5.37. The molecule has 0 radical (unpaired) electrons. The summed E-state index contributed by atoms with van der Waals surface area (Å²) in [6.07, 6.45) is 0.412. The van der Waals surface area contributed by atoms with E-state index in [1.54, 1.807) is 6.92 Å². The molecule has 0 fully saturated rings. The van der Waals surface area contributed by atoms with Crippen LogP contribution in [0.4, 0.5) is 8.78 Å². The molecule has 1 rings (SSSR count). The molecule has 0 spiro atoms. The third kappa shape index (κ3) is 3.69. The first-order valence-corrected chi connectivity index (χ1v) is 5.37. The Hall–Kier alpha value is -1.65. The molecule has 5 heteroatoms. The van der Waals surface area contributed by atoms with Crippen LogP contribution in [-0.2, 0) is 11.2 Å². The molecular weight excluding hydrogens is 230 g/mol. The van der Waals surface area contributed by atoms with Crippen LogP contribution in [0.1, 0.15) is 25.3 Å². The van der Waals surface area contributed by atoms with Crippen LogP contribution < -0.4 is 4.74 Å². The lowest BCUT2D eigenvalue weighted by molar-refractivity contribution is -0.137. The molecule has 0 atom stereocenters. The number of carbonyl (C=O) groups is 1. The molecule has 1 aromatic carbocycles. The van der Waals surface area contributed by atoms with Gasteiger partial charge in [0.15, 0.2) is 11.6 Å². The van der Waals surface area contributed by atoms with E-state index in [2.05, 4.69) is 0 Å². The highest BCUT2D eigenvalue weighted by molar-refractivity contribution is 5.66. The fraction of sp³-hybridized carbons (Fsp3) is 0.417. The SMILES string of the molecule is CCOc1ccc(CCCC(=O)O)c(F)c1F. The summed E-state index contributed by atoms with van der Waals surface area (Å²) in [5.74, 6) is -3.04. The van der Waals surface area contributed by atoms with Gasteiger partial charge in [-0.15, -0.1) is 0 Å². The van der Waals surface area contributed by atoms with Gasteiger partial charge in [0, 0.05) is 6.42 Å². The minimum absolute atomic E-state index is 0.0612. The Kier molecular flexibility index (Phi) is 4.87. The van der Waals surface area contributed by atoms with Crippen LogP contribution in [0.2, 0.25) is 0 Å². The average Bonchev–Trinajstić information content (AvgIpc) is 2.28. The smallest absolute Gasteiger partial charge is 0.303 e. The number of carboxylic acid groups (broad SMARTS) is 1. The van der Waals surface area contributed by atoms with Crippen LogP contribution >= 0.6 is 0 Å². The Balaban J connectivity index is 2.74. The summed E-state index contributed by atoms with van der Waals surface area (Å²) < 4.78 is 31.8. The summed E-state index contributed by atoms with van der Waals surface area (Å²) in [7, 11) is 0. The molecule has 0 bridgehead atoms. The van der Waals surface area contributed by atoms with E-state index in [0.29, 0.717) is 0 Å². The Morgan fingerprint density at radius 3 is 2.65 bits per heavy atom. The monoisotopic (exact) mass is 244 g/mol. The van der Waals surface area contributed by atoms with Crippen molar-refractivity contribution in [3.8, 4) is 5.75 Å². The molecule has 0 amide bonds. The minimum Gasteiger partial charge on any atom is -0.491 e. The van der Waals surface area contributed by atoms with E-state index in [0.717, 1.165) is 0 Å². The van der Waals surface area contributed by atoms with Gasteiger partial charge in [-0.1, -0.05) is 6.07 Å². The van der Waals surface area contributed by atoms with E-state index in [-0.39, 0.29) is 37.2 Å². The second-order valence-corrected chi connectivity index (χ2v) is 3.53. The standard InChI is InChI=1S/C12H14F2O3/c1-2-17-9-7-6-8(11(13)12(9)14)4-3-5-10(15)16/h6-7H,2-5H2,1H3,(H,15,16). The Morgan fingerprint density at radius 2 is 2.06 bits per heavy atom. The van der Waals surface area contributed by atoms with Crippen molar-refractivity contribution in [1.29, 1.82) is 0 Å². The van der Waals surface area contributed by atoms with Crippen molar-refractivity contribution < 1.29 is 23.4 Å². The maximum atomic E-state index is 13.5. The number of carboxylic acids is 1. The quantitative estimate of drug-likeness (QED) is 0.837. The number of benzene rings is 1. The zero-order valence-electron chi connectivity index (χ0n) is 9.50. The molecule has 0 aromatic heterocycles. The predicted octanol–water partition coefficient (Wildman–Crippen LogP) is 2.77. The summed E-state index contributed by atoms with van der Waals surface area (Å²) in [6.45, 7) is 1.94. The summed E-state index contributed by atoms with van der Waals surface area (Å²) in [6, 6.07) is 2.78. The molecule has 0 unspecified atom stereocenters. The summed E-state index contributed by atoms with van der Waals surface area (Å²) in [5, 5.41) is 8.44. The van der Waals surface area contributed by atoms with Gasteiger partial charge in [-0.2, -0.15) is 4.39 Å². The van der Waals surface area contributed by atoms with Crippen molar-refractivity contribution in [3.05, 3.63) is 29.3 Å². The van der Waals surface area contributed by atoms with Crippen molar-refractivity contribution in [3.63, 3.8) is 0 Å². The minimum atomic E-state index is -1.01. The van der Waals surface area contributed by atoms with Crippen molar-refractivity contribution in [1.82, 2.24) is 0 Å². The van der Waals surface area contributed by atoms with Crippen LogP contribution in [-0.4, -0.2) is 17.7 Å². The van der Waals surface area contributed by atoms with Gasteiger partial charge in [0.05, 0.1) is 6.61 Å². The largest absolute Gasteiger partial charge is 0.491 e. The van der Waals surface area contributed by atoms with E-state index in [1.165, 1.54) is 12.1 Å². The van der Waals surface area contributed by atoms with E-state index in [9.17, 15) is 13.6 Å². The van der Waals surface area contributed by atoms with E-state index in [1.807, 2.05) is 0 Å². The average molecular weight is 244 g/mol. The van der Waals surface area contributed by atoms with Gasteiger partial charge in [0.25, 0.3) is 0 Å². The maximum absolute atomic E-state index is 13.5. The number of aryl methyl sites for hydroxylation is 1. The zero-order chi connectivity index (χ0) is 12.8. The Bertz CT molecular complexity index is 405. The number of hydrogen-bond acceptors (Lipinski definition) is 2. The molecule has 94 valence electrons. The van der Waals surface area contributed by atoms with E-state index >= 15 is 0 Å². The fourth-order valence-corrected chi connectivity index (χ4v) is 1.46. The maximum Gasteiger partial charge on any atom is 0.303 e. The van der Waals surface area contributed by atoms with Crippen molar-refractivity contribution >= 4 is 5.97 Å². The topological polar surface area (TPSA) is 46.5 Å². The normalized spacial score (nSPS) is 10.3. The van der Waals surface area contributed by atoms with Gasteiger partial charge < -0.3 is 9.84 Å². The van der Waals surface area contributed by atoms with Crippen molar-refractivity contribution in [2.24, 2.45) is 0 Å². The van der Waals surface area contributed by atoms with Gasteiger partial charge in [-0.3, -0.25) is 4.79 Å². The highest BCUT2D eigenvalue weighted by Gasteiger charge is 2.14. The molecular formula is C12H14F2O3. The first-order chi connectivity index (χ1) is 8.06. The zero-order valence-corrected chi connectivity index (χ0v) is 9.50. The first kappa shape index (κ1) is 13.4. The lowest BCUT2D eigenvalue weighted by Gasteiger charge is -2.08. The number of hydrogen-bond donors (Lipinski definition) is 1. The molecule has 0 aliphatic heterocycles. The molecule has 0 saturated heterocycles. The van der Waals surface area contributed by atoms with Gasteiger partial charge >= 0.3 is 5.97 Å². The molecule has 0 aliphatic rings. The van der Waals surface area contributed by atoms with Crippen LogP contribution in [0.5, 0.6) is 5.75 Å². The number of aliphatic carboxylic acids is 1. The highest BCUT2D eigenvalue weighted by atomic mass is 19.2. The van der Waals surface area contributed by atoms with E-state index in [4.69, 9.17) is 9.84 Å². The van der Waals surface area contributed by atoms with Crippen molar-refractivity contribution in [2.45, 2.75) is 26.2 Å². The molecule has 0 heterocycles. The van der Waals surface area contributed by atoms with Gasteiger partial charge in [0.1, 0.15) is 0 Å². The second-order valence-electron chi connectivity index (χ2n) is 3.53.